The standard InChI is InChI=1S/C18H18N4O/c1-12(23)13-7-6-8-14(11-13)19-18-20-16-10-5-4-9-15(16)17(21-18)22(2)3/h4-11H,1-3H3,(H,19,20,21). The van der Waals surface area contributed by atoms with E-state index in [0.29, 0.717) is 11.5 Å². The molecule has 1 heterocycles. The molecule has 0 unspecified atom stereocenters. The van der Waals surface area contributed by atoms with E-state index in [0.717, 1.165) is 22.4 Å². The SMILES string of the molecule is CC(=O)c1cccc(Nc2nc(N(C)C)c3ccccc3n2)c1. The molecule has 116 valence electrons. The lowest BCUT2D eigenvalue weighted by Gasteiger charge is -2.16. The first-order valence-corrected chi connectivity index (χ1v) is 7.37. The lowest BCUT2D eigenvalue weighted by Crippen LogP contribution is -2.13. The first-order valence-electron chi connectivity index (χ1n) is 7.37. The molecule has 5 nitrogen and oxygen atoms in total. The highest BCUT2D eigenvalue weighted by atomic mass is 16.1. The van der Waals surface area contributed by atoms with E-state index in [1.54, 1.807) is 19.1 Å². The second-order valence-electron chi connectivity index (χ2n) is 5.54. The van der Waals surface area contributed by atoms with Crippen LogP contribution in [0.1, 0.15) is 17.3 Å². The molecule has 0 aliphatic carbocycles. The summed E-state index contributed by atoms with van der Waals surface area (Å²) in [5.74, 6) is 1.39. The minimum atomic E-state index is 0.0297. The normalized spacial score (nSPS) is 10.6. The van der Waals surface area contributed by atoms with Crippen LogP contribution in [0.2, 0.25) is 0 Å². The number of nitrogens with one attached hydrogen (secondary N) is 1. The summed E-state index contributed by atoms with van der Waals surface area (Å²) < 4.78 is 0. The fraction of sp³-hybridized carbons (Fsp3) is 0.167. The number of carbonyl (C=O) groups excluding carboxylic acids is 1. The molecule has 0 amide bonds. The van der Waals surface area contributed by atoms with Crippen LogP contribution in [-0.4, -0.2) is 29.8 Å². The predicted molar refractivity (Wildman–Crippen MR) is 93.6 cm³/mol. The van der Waals surface area contributed by atoms with Gasteiger partial charge in [-0.15, -0.1) is 0 Å². The topological polar surface area (TPSA) is 58.1 Å². The van der Waals surface area contributed by atoms with Crippen LogP contribution in [0.25, 0.3) is 10.9 Å². The lowest BCUT2D eigenvalue weighted by molar-refractivity contribution is 0.101. The van der Waals surface area contributed by atoms with E-state index < -0.39 is 0 Å². The zero-order chi connectivity index (χ0) is 16.4. The molecule has 0 saturated heterocycles. The van der Waals surface area contributed by atoms with Crippen LogP contribution in [0.15, 0.2) is 48.5 Å². The summed E-state index contributed by atoms with van der Waals surface area (Å²) in [6, 6.07) is 15.2. The van der Waals surface area contributed by atoms with Crippen LogP contribution in [-0.2, 0) is 0 Å². The number of aromatic nitrogens is 2. The molecule has 2 aromatic carbocycles. The Bertz CT molecular complexity index is 874. The summed E-state index contributed by atoms with van der Waals surface area (Å²) in [5.41, 5.74) is 2.32. The third kappa shape index (κ3) is 3.13. The lowest BCUT2D eigenvalue weighted by atomic mass is 10.1. The first-order chi connectivity index (χ1) is 11.0. The summed E-state index contributed by atoms with van der Waals surface area (Å²) in [5, 5.41) is 4.19. The highest BCUT2D eigenvalue weighted by Gasteiger charge is 2.09. The molecule has 0 aliphatic heterocycles. The van der Waals surface area contributed by atoms with Gasteiger partial charge < -0.3 is 10.2 Å². The summed E-state index contributed by atoms with van der Waals surface area (Å²) in [6.45, 7) is 1.55. The van der Waals surface area contributed by atoms with Gasteiger partial charge in [-0.1, -0.05) is 24.3 Å². The average Bonchev–Trinajstić information content (AvgIpc) is 2.54. The fourth-order valence-corrected chi connectivity index (χ4v) is 2.40. The van der Waals surface area contributed by atoms with E-state index in [1.165, 1.54) is 0 Å². The molecule has 0 radical (unpaired) electrons. The Labute approximate surface area is 135 Å². The summed E-state index contributed by atoms with van der Waals surface area (Å²) in [7, 11) is 3.91. The van der Waals surface area contributed by atoms with Crippen LogP contribution < -0.4 is 10.2 Å². The summed E-state index contributed by atoms with van der Waals surface area (Å²) >= 11 is 0. The molecule has 1 aromatic heterocycles. The van der Waals surface area contributed by atoms with Crippen molar-refractivity contribution in [2.45, 2.75) is 6.92 Å². The molecular formula is C18H18N4O. The second kappa shape index (κ2) is 6.04. The molecule has 0 fully saturated rings. The van der Waals surface area contributed by atoms with Crippen LogP contribution >= 0.6 is 0 Å². The highest BCUT2D eigenvalue weighted by molar-refractivity contribution is 5.95. The van der Waals surface area contributed by atoms with Gasteiger partial charge in [-0.25, -0.2) is 4.98 Å². The number of carbonyl (C=O) groups is 1. The monoisotopic (exact) mass is 306 g/mol. The van der Waals surface area contributed by atoms with Gasteiger partial charge in [0, 0.05) is 30.7 Å². The fourth-order valence-electron chi connectivity index (χ4n) is 2.40. The minimum Gasteiger partial charge on any atom is -0.362 e. The van der Waals surface area contributed by atoms with Crippen molar-refractivity contribution >= 4 is 34.1 Å². The van der Waals surface area contributed by atoms with E-state index >= 15 is 0 Å². The Morgan fingerprint density at radius 3 is 2.57 bits per heavy atom. The number of benzene rings is 2. The zero-order valence-electron chi connectivity index (χ0n) is 13.4. The van der Waals surface area contributed by atoms with Crippen LogP contribution in [0.5, 0.6) is 0 Å². The molecule has 0 saturated carbocycles. The summed E-state index contributed by atoms with van der Waals surface area (Å²) in [4.78, 5) is 22.6. The van der Waals surface area contributed by atoms with E-state index in [2.05, 4.69) is 15.3 Å². The maximum Gasteiger partial charge on any atom is 0.229 e. The Morgan fingerprint density at radius 2 is 1.83 bits per heavy atom. The Kier molecular flexibility index (Phi) is 3.93. The van der Waals surface area contributed by atoms with Crippen molar-refractivity contribution in [2.24, 2.45) is 0 Å². The molecule has 0 bridgehead atoms. The smallest absolute Gasteiger partial charge is 0.229 e. The van der Waals surface area contributed by atoms with E-state index in [-0.39, 0.29) is 5.78 Å². The number of hydrogen-bond donors (Lipinski definition) is 1. The number of ketones is 1. The number of rotatable bonds is 4. The molecule has 3 aromatic rings. The van der Waals surface area contributed by atoms with Crippen molar-refractivity contribution in [1.82, 2.24) is 9.97 Å². The number of nitrogens with zero attached hydrogens (tertiary/aromatic N) is 3. The number of para-hydroxylation sites is 1. The zero-order valence-corrected chi connectivity index (χ0v) is 13.4. The van der Waals surface area contributed by atoms with E-state index in [1.807, 2.05) is 55.4 Å². The Balaban J connectivity index is 2.03. The first kappa shape index (κ1) is 15.0. The van der Waals surface area contributed by atoms with Gasteiger partial charge in [-0.05, 0) is 31.2 Å². The molecule has 0 aliphatic rings. The highest BCUT2D eigenvalue weighted by Crippen LogP contribution is 2.25. The Morgan fingerprint density at radius 1 is 1.04 bits per heavy atom. The third-order valence-corrected chi connectivity index (χ3v) is 3.53. The minimum absolute atomic E-state index is 0.0297. The van der Waals surface area contributed by atoms with Gasteiger partial charge in [0.1, 0.15) is 5.82 Å². The van der Waals surface area contributed by atoms with E-state index in [4.69, 9.17) is 0 Å². The average molecular weight is 306 g/mol. The van der Waals surface area contributed by atoms with Crippen molar-refractivity contribution in [3.8, 4) is 0 Å². The van der Waals surface area contributed by atoms with Gasteiger partial charge in [0.2, 0.25) is 5.95 Å². The molecule has 0 atom stereocenters. The largest absolute Gasteiger partial charge is 0.362 e. The van der Waals surface area contributed by atoms with Crippen LogP contribution in [0.3, 0.4) is 0 Å². The van der Waals surface area contributed by atoms with Crippen molar-refractivity contribution in [3.63, 3.8) is 0 Å². The predicted octanol–water partition coefficient (Wildman–Crippen LogP) is 3.64. The molecule has 0 spiro atoms. The molecule has 5 heteroatoms. The second-order valence-corrected chi connectivity index (χ2v) is 5.54. The molecular weight excluding hydrogens is 288 g/mol. The summed E-state index contributed by atoms with van der Waals surface area (Å²) in [6.07, 6.45) is 0. The van der Waals surface area contributed by atoms with Gasteiger partial charge in [-0.3, -0.25) is 4.79 Å². The van der Waals surface area contributed by atoms with Gasteiger partial charge in [-0.2, -0.15) is 4.98 Å². The maximum atomic E-state index is 11.5. The van der Waals surface area contributed by atoms with Gasteiger partial charge in [0.15, 0.2) is 5.78 Å². The van der Waals surface area contributed by atoms with E-state index in [9.17, 15) is 4.79 Å². The van der Waals surface area contributed by atoms with Crippen molar-refractivity contribution in [1.29, 1.82) is 0 Å². The Hall–Kier alpha value is -2.95. The van der Waals surface area contributed by atoms with Gasteiger partial charge in [0.05, 0.1) is 5.52 Å². The van der Waals surface area contributed by atoms with Crippen LogP contribution in [0.4, 0.5) is 17.5 Å². The van der Waals surface area contributed by atoms with Crippen molar-refractivity contribution in [3.05, 3.63) is 54.1 Å². The molecule has 23 heavy (non-hydrogen) atoms. The quantitative estimate of drug-likeness (QED) is 0.746. The number of Topliss-reactive ketones (excluding diaryl/α,β-unsaturated/α-hetero) is 1. The van der Waals surface area contributed by atoms with Crippen molar-refractivity contribution < 1.29 is 4.79 Å². The molecule has 3 rings (SSSR count). The third-order valence-electron chi connectivity index (χ3n) is 3.53. The molecule has 1 N–H and O–H groups in total. The van der Waals surface area contributed by atoms with Crippen LogP contribution in [0, 0.1) is 0 Å². The number of hydrogen-bond acceptors (Lipinski definition) is 5. The number of anilines is 3. The van der Waals surface area contributed by atoms with Crippen molar-refractivity contribution in [2.75, 3.05) is 24.3 Å². The number of fused-ring (bicyclic) bond motifs is 1. The van der Waals surface area contributed by atoms with Gasteiger partial charge >= 0.3 is 0 Å². The maximum absolute atomic E-state index is 11.5. The van der Waals surface area contributed by atoms with Gasteiger partial charge in [0.25, 0.3) is 0 Å².